The number of guanidine groups is 1. The molecule has 5 nitrogen and oxygen atoms in total. The summed E-state index contributed by atoms with van der Waals surface area (Å²) in [6, 6.07) is 10.4. The summed E-state index contributed by atoms with van der Waals surface area (Å²) in [7, 11) is 0. The highest BCUT2D eigenvalue weighted by atomic mass is 127. The summed E-state index contributed by atoms with van der Waals surface area (Å²) < 4.78 is 5.53. The lowest BCUT2D eigenvalue weighted by atomic mass is 10.0. The van der Waals surface area contributed by atoms with Gasteiger partial charge in [0.15, 0.2) is 5.96 Å². The first kappa shape index (κ1) is 23.4. The Morgan fingerprint density at radius 1 is 1.25 bits per heavy atom. The van der Waals surface area contributed by atoms with E-state index in [0.717, 1.165) is 55.9 Å². The number of nitrogens with one attached hydrogen (secondary N) is 2. The monoisotopic (exact) mass is 534 g/mol. The van der Waals surface area contributed by atoms with Gasteiger partial charge in [-0.1, -0.05) is 29.8 Å². The van der Waals surface area contributed by atoms with E-state index in [1.54, 1.807) is 11.3 Å². The molecule has 1 atom stereocenters. The van der Waals surface area contributed by atoms with Gasteiger partial charge in [0.1, 0.15) is 0 Å². The molecule has 3 rings (SSSR count). The zero-order valence-electron chi connectivity index (χ0n) is 16.1. The van der Waals surface area contributed by atoms with E-state index in [4.69, 9.17) is 21.3 Å². The van der Waals surface area contributed by atoms with Crippen molar-refractivity contribution < 1.29 is 4.74 Å². The Bertz CT molecular complexity index is 723. The Morgan fingerprint density at radius 3 is 2.71 bits per heavy atom. The predicted octanol–water partition coefficient (Wildman–Crippen LogP) is 4.15. The molecule has 1 unspecified atom stereocenters. The fraction of sp³-hybridized carbons (Fsp3) is 0.450. The van der Waals surface area contributed by atoms with Crippen LogP contribution >= 0.6 is 46.9 Å². The molecule has 1 aliphatic rings. The number of hydrogen-bond acceptors (Lipinski definition) is 4. The Balaban J connectivity index is 0.00000280. The summed E-state index contributed by atoms with van der Waals surface area (Å²) in [5.74, 6) is 0.828. The molecule has 0 bridgehead atoms. The Labute approximate surface area is 193 Å². The van der Waals surface area contributed by atoms with E-state index in [2.05, 4.69) is 45.4 Å². The maximum atomic E-state index is 6.51. The minimum atomic E-state index is 0. The summed E-state index contributed by atoms with van der Waals surface area (Å²) in [6.07, 6.45) is 0. The Morgan fingerprint density at radius 2 is 2.04 bits per heavy atom. The smallest absolute Gasteiger partial charge is 0.191 e. The van der Waals surface area contributed by atoms with Gasteiger partial charge in [0.2, 0.25) is 0 Å². The second-order valence-electron chi connectivity index (χ2n) is 6.39. The normalized spacial score (nSPS) is 16.3. The second-order valence-corrected chi connectivity index (χ2v) is 7.58. The van der Waals surface area contributed by atoms with Gasteiger partial charge in [-0.2, -0.15) is 11.3 Å². The van der Waals surface area contributed by atoms with Crippen LogP contribution in [0.15, 0.2) is 46.1 Å². The van der Waals surface area contributed by atoms with E-state index >= 15 is 0 Å². The lowest BCUT2D eigenvalue weighted by molar-refractivity contribution is 0.0170. The molecule has 2 N–H and O–H groups in total. The molecule has 28 heavy (non-hydrogen) atoms. The standard InChI is InChI=1S/C20H27ClN4OS.HI/c1-2-22-20(23-13-16-7-12-27-15-16)24-14-19(25-8-10-26-11-9-25)17-5-3-4-6-18(17)21;/h3-7,12,15,19H,2,8-11,13-14H2,1H3,(H2,22,23,24);1H. The van der Waals surface area contributed by atoms with Crippen molar-refractivity contribution in [2.24, 2.45) is 4.99 Å². The van der Waals surface area contributed by atoms with E-state index < -0.39 is 0 Å². The number of thiophene rings is 1. The van der Waals surface area contributed by atoms with Gasteiger partial charge >= 0.3 is 0 Å². The van der Waals surface area contributed by atoms with Gasteiger partial charge in [0.05, 0.1) is 25.8 Å². The van der Waals surface area contributed by atoms with Crippen LogP contribution in [0.4, 0.5) is 0 Å². The summed E-state index contributed by atoms with van der Waals surface area (Å²) >= 11 is 8.21. The minimum absolute atomic E-state index is 0. The quantitative estimate of drug-likeness (QED) is 0.318. The van der Waals surface area contributed by atoms with E-state index in [1.807, 2.05) is 18.2 Å². The first-order valence-corrected chi connectivity index (χ1v) is 10.7. The average Bonchev–Trinajstić information content (AvgIpc) is 3.22. The van der Waals surface area contributed by atoms with Crippen molar-refractivity contribution in [3.05, 3.63) is 57.2 Å². The zero-order valence-corrected chi connectivity index (χ0v) is 20.0. The van der Waals surface area contributed by atoms with Crippen LogP contribution in [0.25, 0.3) is 0 Å². The Hall–Kier alpha value is -0.870. The van der Waals surface area contributed by atoms with Crippen LogP contribution in [0, 0.1) is 0 Å². The van der Waals surface area contributed by atoms with E-state index in [1.165, 1.54) is 5.56 Å². The van der Waals surface area contributed by atoms with Crippen molar-refractivity contribution in [3.8, 4) is 0 Å². The molecule has 1 aromatic heterocycles. The fourth-order valence-electron chi connectivity index (χ4n) is 3.16. The van der Waals surface area contributed by atoms with Gasteiger partial charge in [-0.05, 0) is 40.9 Å². The summed E-state index contributed by atoms with van der Waals surface area (Å²) in [5.41, 5.74) is 2.37. The van der Waals surface area contributed by atoms with Crippen LogP contribution in [-0.4, -0.2) is 50.3 Å². The third-order valence-corrected chi connectivity index (χ3v) is 5.63. The number of aliphatic imine (C=N–C) groups is 1. The average molecular weight is 535 g/mol. The molecule has 2 aromatic rings. The molecule has 0 radical (unpaired) electrons. The molecule has 8 heteroatoms. The van der Waals surface area contributed by atoms with Crippen molar-refractivity contribution in [1.29, 1.82) is 0 Å². The molecule has 1 aliphatic heterocycles. The maximum absolute atomic E-state index is 6.51. The fourth-order valence-corrected chi connectivity index (χ4v) is 4.08. The van der Waals surface area contributed by atoms with Crippen molar-refractivity contribution >= 4 is 52.9 Å². The van der Waals surface area contributed by atoms with E-state index in [9.17, 15) is 0 Å². The highest BCUT2D eigenvalue weighted by molar-refractivity contribution is 14.0. The first-order chi connectivity index (χ1) is 13.3. The van der Waals surface area contributed by atoms with Crippen molar-refractivity contribution in [3.63, 3.8) is 0 Å². The van der Waals surface area contributed by atoms with Crippen LogP contribution in [0.3, 0.4) is 0 Å². The zero-order chi connectivity index (χ0) is 18.9. The third-order valence-electron chi connectivity index (χ3n) is 4.56. The first-order valence-electron chi connectivity index (χ1n) is 9.37. The molecule has 1 saturated heterocycles. The molecule has 0 amide bonds. The van der Waals surface area contributed by atoms with Crippen LogP contribution in [-0.2, 0) is 11.3 Å². The molecule has 1 aromatic carbocycles. The van der Waals surface area contributed by atoms with Crippen molar-refractivity contribution in [2.45, 2.75) is 19.5 Å². The largest absolute Gasteiger partial charge is 0.379 e. The van der Waals surface area contributed by atoms with Gasteiger partial charge in [-0.15, -0.1) is 24.0 Å². The molecule has 0 aliphatic carbocycles. The van der Waals surface area contributed by atoms with Gasteiger partial charge < -0.3 is 15.4 Å². The third kappa shape index (κ3) is 6.88. The molecule has 1 fully saturated rings. The van der Waals surface area contributed by atoms with E-state index in [-0.39, 0.29) is 30.0 Å². The molecule has 0 saturated carbocycles. The molecule has 154 valence electrons. The molecular weight excluding hydrogens is 507 g/mol. The summed E-state index contributed by atoms with van der Waals surface area (Å²) in [6.45, 7) is 7.63. The van der Waals surface area contributed by atoms with Gasteiger partial charge in [-0.3, -0.25) is 4.90 Å². The number of nitrogens with zero attached hydrogens (tertiary/aromatic N) is 2. The lowest BCUT2D eigenvalue weighted by Gasteiger charge is -2.35. The SMILES string of the molecule is CCNC(=NCc1ccsc1)NCC(c1ccccc1Cl)N1CCOCC1.I. The van der Waals surface area contributed by atoms with Gasteiger partial charge in [-0.25, -0.2) is 4.99 Å². The highest BCUT2D eigenvalue weighted by Crippen LogP contribution is 2.27. The van der Waals surface area contributed by atoms with Crippen LogP contribution in [0.5, 0.6) is 0 Å². The second kappa shape index (κ2) is 12.6. The molecule has 0 spiro atoms. The predicted molar refractivity (Wildman–Crippen MR) is 129 cm³/mol. The maximum Gasteiger partial charge on any atom is 0.191 e. The minimum Gasteiger partial charge on any atom is -0.379 e. The number of morpholine rings is 1. The number of halogens is 2. The van der Waals surface area contributed by atoms with Crippen LogP contribution in [0.2, 0.25) is 5.02 Å². The lowest BCUT2D eigenvalue weighted by Crippen LogP contribution is -2.46. The number of ether oxygens (including phenoxy) is 1. The highest BCUT2D eigenvalue weighted by Gasteiger charge is 2.24. The van der Waals surface area contributed by atoms with Crippen LogP contribution in [0.1, 0.15) is 24.1 Å². The van der Waals surface area contributed by atoms with E-state index in [0.29, 0.717) is 6.54 Å². The molecule has 2 heterocycles. The van der Waals surface area contributed by atoms with Gasteiger partial charge in [0.25, 0.3) is 0 Å². The topological polar surface area (TPSA) is 48.9 Å². The number of benzene rings is 1. The van der Waals surface area contributed by atoms with Gasteiger partial charge in [0, 0.05) is 31.2 Å². The van der Waals surface area contributed by atoms with Crippen molar-refractivity contribution in [1.82, 2.24) is 15.5 Å². The molecular formula is C20H28ClIN4OS. The summed E-state index contributed by atoms with van der Waals surface area (Å²) in [5, 5.41) is 11.9. The van der Waals surface area contributed by atoms with Crippen LogP contribution < -0.4 is 10.6 Å². The number of hydrogen-bond donors (Lipinski definition) is 2. The number of rotatable bonds is 7. The van der Waals surface area contributed by atoms with Crippen molar-refractivity contribution in [2.75, 3.05) is 39.4 Å². The summed E-state index contributed by atoms with van der Waals surface area (Å²) in [4.78, 5) is 7.14. The Kier molecular flexibility index (Phi) is 10.6.